The molecule has 0 unspecified atom stereocenters. The van der Waals surface area contributed by atoms with Crippen LogP contribution in [0.2, 0.25) is 0 Å². The first-order valence-corrected chi connectivity index (χ1v) is 12.4. The van der Waals surface area contributed by atoms with Crippen molar-refractivity contribution in [2.75, 3.05) is 6.54 Å². The quantitative estimate of drug-likeness (QED) is 0.278. The molecular formula is C26H24F3NO5S. The lowest BCUT2D eigenvalue weighted by Gasteiger charge is -2.27. The lowest BCUT2D eigenvalue weighted by molar-refractivity contribution is -0.143. The topological polar surface area (TPSA) is 92.7 Å². The lowest BCUT2D eigenvalue weighted by atomic mass is 9.87. The highest BCUT2D eigenvalue weighted by atomic mass is 32.1. The number of rotatable bonds is 9. The van der Waals surface area contributed by atoms with Gasteiger partial charge in [0.1, 0.15) is 11.6 Å². The molecule has 0 atom stereocenters. The number of carboxylic acids is 1. The monoisotopic (exact) mass is 519 g/mol. The van der Waals surface area contributed by atoms with E-state index in [9.17, 15) is 27.6 Å². The Bertz CT molecular complexity index is 1300. The van der Waals surface area contributed by atoms with Crippen LogP contribution in [0.1, 0.15) is 58.6 Å². The van der Waals surface area contributed by atoms with Crippen LogP contribution in [-0.2, 0) is 4.79 Å². The van der Waals surface area contributed by atoms with Crippen molar-refractivity contribution in [1.82, 2.24) is 5.32 Å². The molecule has 2 aromatic carbocycles. The Hall–Kier alpha value is -3.40. The molecule has 36 heavy (non-hydrogen) atoms. The number of aliphatic carboxylic acids is 1. The summed E-state index contributed by atoms with van der Waals surface area (Å²) in [4.78, 5) is 36.2. The fourth-order valence-electron chi connectivity index (χ4n) is 4.24. The molecule has 1 amide bonds. The van der Waals surface area contributed by atoms with E-state index in [1.807, 2.05) is 0 Å². The van der Waals surface area contributed by atoms with Crippen molar-refractivity contribution >= 4 is 39.1 Å². The molecule has 1 fully saturated rings. The second-order valence-corrected chi connectivity index (χ2v) is 9.85. The Balaban J connectivity index is 1.27. The van der Waals surface area contributed by atoms with E-state index in [0.717, 1.165) is 16.8 Å². The standard InChI is InChI=1S/C26H24F3NO5S/c27-16-5-8-23-15(10-16)11-24(36-23)25(32)30-9-1-2-21(31)18-12-20(29)22(13-19(18)28)35-17-6-3-14(4-7-17)26(33)34/h5,8,10-14,17H,1-4,6-7,9H2,(H,30,32)(H,33,34). The number of ether oxygens (including phenoxy) is 1. The summed E-state index contributed by atoms with van der Waals surface area (Å²) in [6.07, 6.45) is 1.34. The molecule has 1 saturated carbocycles. The number of nitrogens with one attached hydrogen (secondary N) is 1. The van der Waals surface area contributed by atoms with E-state index >= 15 is 0 Å². The number of hydrogen-bond acceptors (Lipinski definition) is 5. The van der Waals surface area contributed by atoms with E-state index in [0.29, 0.717) is 35.9 Å². The van der Waals surface area contributed by atoms with E-state index < -0.39 is 46.8 Å². The van der Waals surface area contributed by atoms with E-state index in [2.05, 4.69) is 5.32 Å². The smallest absolute Gasteiger partial charge is 0.306 e. The van der Waals surface area contributed by atoms with Gasteiger partial charge in [0.25, 0.3) is 5.91 Å². The molecule has 1 heterocycles. The molecule has 0 radical (unpaired) electrons. The maximum atomic E-state index is 14.6. The van der Waals surface area contributed by atoms with Crippen molar-refractivity contribution in [1.29, 1.82) is 0 Å². The minimum atomic E-state index is -0.905. The van der Waals surface area contributed by atoms with Gasteiger partial charge in [-0.25, -0.2) is 13.2 Å². The number of carbonyl (C=O) groups excluding carboxylic acids is 2. The van der Waals surface area contributed by atoms with E-state index in [1.54, 1.807) is 12.1 Å². The van der Waals surface area contributed by atoms with E-state index in [1.165, 1.54) is 23.5 Å². The lowest BCUT2D eigenvalue weighted by Crippen LogP contribution is -2.28. The van der Waals surface area contributed by atoms with E-state index in [-0.39, 0.29) is 31.0 Å². The predicted octanol–water partition coefficient (Wildman–Crippen LogP) is 5.73. The summed E-state index contributed by atoms with van der Waals surface area (Å²) < 4.78 is 48.7. The van der Waals surface area contributed by atoms with Crippen molar-refractivity contribution in [2.45, 2.75) is 44.6 Å². The van der Waals surface area contributed by atoms with Crippen LogP contribution in [0, 0.1) is 23.4 Å². The number of halogens is 3. The van der Waals surface area contributed by atoms with Crippen molar-refractivity contribution in [3.05, 3.63) is 64.3 Å². The fraction of sp³-hybridized carbons (Fsp3) is 0.346. The van der Waals surface area contributed by atoms with Gasteiger partial charge in [0.15, 0.2) is 17.3 Å². The summed E-state index contributed by atoms with van der Waals surface area (Å²) in [6.45, 7) is 0.150. The summed E-state index contributed by atoms with van der Waals surface area (Å²) in [5.41, 5.74) is -0.396. The van der Waals surface area contributed by atoms with Gasteiger partial charge in [0, 0.05) is 23.7 Å². The van der Waals surface area contributed by atoms with Crippen LogP contribution in [0.15, 0.2) is 36.4 Å². The minimum absolute atomic E-state index is 0.103. The summed E-state index contributed by atoms with van der Waals surface area (Å²) in [5.74, 6) is -4.76. The third-order valence-corrected chi connectivity index (χ3v) is 7.32. The summed E-state index contributed by atoms with van der Waals surface area (Å²) in [5, 5.41) is 12.4. The molecule has 190 valence electrons. The van der Waals surface area contributed by atoms with Crippen LogP contribution in [0.5, 0.6) is 5.75 Å². The number of benzene rings is 2. The van der Waals surface area contributed by atoms with Gasteiger partial charge in [0.2, 0.25) is 0 Å². The molecule has 1 aromatic heterocycles. The summed E-state index contributed by atoms with van der Waals surface area (Å²) >= 11 is 1.22. The average molecular weight is 520 g/mol. The van der Waals surface area contributed by atoms with Gasteiger partial charge in [-0.1, -0.05) is 0 Å². The SMILES string of the molecule is O=C(NCCCC(=O)c1cc(F)c(OC2CCC(C(=O)O)CC2)cc1F)c1cc2cc(F)ccc2s1. The Morgan fingerprint density at radius 1 is 1.00 bits per heavy atom. The minimum Gasteiger partial charge on any atom is -0.487 e. The molecule has 0 bridgehead atoms. The highest BCUT2D eigenvalue weighted by Crippen LogP contribution is 2.30. The molecule has 2 N–H and O–H groups in total. The number of amides is 1. The Labute approximate surface area is 209 Å². The number of fused-ring (bicyclic) bond motifs is 1. The maximum Gasteiger partial charge on any atom is 0.306 e. The van der Waals surface area contributed by atoms with Crippen LogP contribution in [0.3, 0.4) is 0 Å². The number of Topliss-reactive ketones (excluding diaryl/α,β-unsaturated/α-hetero) is 1. The van der Waals surface area contributed by atoms with Crippen LogP contribution in [-0.4, -0.2) is 35.4 Å². The van der Waals surface area contributed by atoms with Crippen LogP contribution in [0.25, 0.3) is 10.1 Å². The molecule has 10 heteroatoms. The molecular weight excluding hydrogens is 495 g/mol. The molecule has 6 nitrogen and oxygen atoms in total. The van der Waals surface area contributed by atoms with Crippen LogP contribution in [0.4, 0.5) is 13.2 Å². The summed E-state index contributed by atoms with van der Waals surface area (Å²) in [7, 11) is 0. The average Bonchev–Trinajstić information content (AvgIpc) is 3.27. The fourth-order valence-corrected chi connectivity index (χ4v) is 5.20. The number of carboxylic acid groups (broad SMARTS) is 1. The van der Waals surface area contributed by atoms with Gasteiger partial charge in [0.05, 0.1) is 22.5 Å². The first-order valence-electron chi connectivity index (χ1n) is 11.6. The Kier molecular flexibility index (Phi) is 7.93. The first kappa shape index (κ1) is 25.7. The molecule has 0 saturated heterocycles. The second-order valence-electron chi connectivity index (χ2n) is 8.77. The number of thiophene rings is 1. The maximum absolute atomic E-state index is 14.6. The van der Waals surface area contributed by atoms with Gasteiger partial charge in [-0.3, -0.25) is 14.4 Å². The van der Waals surface area contributed by atoms with Crippen LogP contribution >= 0.6 is 11.3 Å². The number of carbonyl (C=O) groups is 3. The molecule has 1 aliphatic carbocycles. The van der Waals surface area contributed by atoms with Gasteiger partial charge < -0.3 is 15.2 Å². The van der Waals surface area contributed by atoms with Crippen molar-refractivity contribution in [2.24, 2.45) is 5.92 Å². The summed E-state index contributed by atoms with van der Waals surface area (Å²) in [6, 6.07) is 7.50. The first-order chi connectivity index (χ1) is 17.2. The van der Waals surface area contributed by atoms with Crippen molar-refractivity contribution < 1.29 is 37.4 Å². The van der Waals surface area contributed by atoms with E-state index in [4.69, 9.17) is 9.84 Å². The normalized spacial score (nSPS) is 17.6. The third kappa shape index (κ3) is 6.04. The zero-order valence-corrected chi connectivity index (χ0v) is 20.0. The molecule has 3 aromatic rings. The van der Waals surface area contributed by atoms with Crippen molar-refractivity contribution in [3.63, 3.8) is 0 Å². The van der Waals surface area contributed by atoms with Gasteiger partial charge >= 0.3 is 5.97 Å². The molecule has 0 spiro atoms. The highest BCUT2D eigenvalue weighted by Gasteiger charge is 2.28. The number of hydrogen-bond donors (Lipinski definition) is 2. The Morgan fingerprint density at radius 2 is 1.75 bits per heavy atom. The molecule has 0 aliphatic heterocycles. The zero-order chi connectivity index (χ0) is 25.8. The third-order valence-electron chi connectivity index (χ3n) is 6.21. The largest absolute Gasteiger partial charge is 0.487 e. The van der Waals surface area contributed by atoms with Gasteiger partial charge in [-0.05, 0) is 67.8 Å². The van der Waals surface area contributed by atoms with Crippen LogP contribution < -0.4 is 10.1 Å². The van der Waals surface area contributed by atoms with Gasteiger partial charge in [-0.15, -0.1) is 11.3 Å². The second kappa shape index (κ2) is 11.1. The predicted molar refractivity (Wildman–Crippen MR) is 128 cm³/mol. The van der Waals surface area contributed by atoms with Crippen molar-refractivity contribution in [3.8, 4) is 5.75 Å². The zero-order valence-electron chi connectivity index (χ0n) is 19.2. The Morgan fingerprint density at radius 3 is 2.47 bits per heavy atom. The highest BCUT2D eigenvalue weighted by molar-refractivity contribution is 7.20. The number of ketones is 1. The molecule has 4 rings (SSSR count). The van der Waals surface area contributed by atoms with Gasteiger partial charge in [-0.2, -0.15) is 0 Å². The molecule has 1 aliphatic rings.